The first kappa shape index (κ1) is 20.4. The van der Waals surface area contributed by atoms with Crippen molar-refractivity contribution in [3.63, 3.8) is 0 Å². The SMILES string of the molecule is CC(CN)Nc1c(N2C[C@H](CCCB(O)O)[C@](N)(C(=O)O)C2)c(=O)c1=O. The van der Waals surface area contributed by atoms with Crippen LogP contribution in [0.5, 0.6) is 0 Å². The summed E-state index contributed by atoms with van der Waals surface area (Å²) in [5.41, 5.74) is 9.02. The zero-order valence-corrected chi connectivity index (χ0v) is 14.6. The monoisotopic (exact) mass is 368 g/mol. The van der Waals surface area contributed by atoms with Gasteiger partial charge in [0.05, 0.1) is 0 Å². The molecule has 1 aliphatic heterocycles. The second-order valence-corrected chi connectivity index (χ2v) is 7.00. The molecule has 1 unspecified atom stereocenters. The number of hydrogen-bond acceptors (Lipinski definition) is 9. The molecule has 1 aliphatic rings. The van der Waals surface area contributed by atoms with Crippen LogP contribution >= 0.6 is 0 Å². The number of anilines is 2. The fourth-order valence-corrected chi connectivity index (χ4v) is 3.37. The van der Waals surface area contributed by atoms with Gasteiger partial charge in [-0.1, -0.05) is 6.42 Å². The molecule has 3 atom stereocenters. The van der Waals surface area contributed by atoms with Gasteiger partial charge in [-0.15, -0.1) is 0 Å². The summed E-state index contributed by atoms with van der Waals surface area (Å²) in [5.74, 6) is -1.69. The smallest absolute Gasteiger partial charge is 0.451 e. The van der Waals surface area contributed by atoms with E-state index in [9.17, 15) is 19.5 Å². The number of carbonyl (C=O) groups is 1. The van der Waals surface area contributed by atoms with E-state index in [1.54, 1.807) is 6.92 Å². The van der Waals surface area contributed by atoms with E-state index in [0.29, 0.717) is 12.8 Å². The van der Waals surface area contributed by atoms with Gasteiger partial charge in [0, 0.05) is 31.6 Å². The van der Waals surface area contributed by atoms with Crippen molar-refractivity contribution in [3.8, 4) is 0 Å². The Morgan fingerprint density at radius 2 is 2.08 bits per heavy atom. The maximum atomic E-state index is 12.0. The van der Waals surface area contributed by atoms with Crippen LogP contribution in [0.15, 0.2) is 9.59 Å². The number of nitrogens with one attached hydrogen (secondary N) is 1. The standard InChI is InChI=1S/C15H25BN4O6/c1-8(5-17)19-10-11(13(22)12(10)21)20-6-9(3-2-4-16(25)26)15(18,7-20)14(23)24/h8-9,19,25-26H,2-7,17-18H2,1H3,(H,23,24)/t8?,9-,15-/m0/s1. The van der Waals surface area contributed by atoms with Crippen LogP contribution in [-0.2, 0) is 4.79 Å². The highest BCUT2D eigenvalue weighted by Gasteiger charge is 2.50. The fraction of sp³-hybridized carbons (Fsp3) is 0.667. The van der Waals surface area contributed by atoms with E-state index in [-0.39, 0.29) is 43.4 Å². The summed E-state index contributed by atoms with van der Waals surface area (Å²) in [5, 5.41) is 30.3. The summed E-state index contributed by atoms with van der Waals surface area (Å²) in [7, 11) is -1.47. The lowest BCUT2D eigenvalue weighted by molar-refractivity contribution is -0.144. The minimum Gasteiger partial charge on any atom is -0.480 e. The van der Waals surface area contributed by atoms with E-state index < -0.39 is 35.4 Å². The molecule has 8 N–H and O–H groups in total. The molecule has 1 aromatic carbocycles. The van der Waals surface area contributed by atoms with Crippen molar-refractivity contribution in [2.45, 2.75) is 37.7 Å². The number of hydrogen-bond donors (Lipinski definition) is 6. The first-order chi connectivity index (χ1) is 12.1. The Morgan fingerprint density at radius 3 is 2.62 bits per heavy atom. The van der Waals surface area contributed by atoms with Gasteiger partial charge in [-0.2, -0.15) is 0 Å². The molecular weight excluding hydrogens is 343 g/mol. The molecule has 0 bridgehead atoms. The Kier molecular flexibility index (Phi) is 6.07. The highest BCUT2D eigenvalue weighted by Crippen LogP contribution is 2.35. The lowest BCUT2D eigenvalue weighted by Gasteiger charge is -2.26. The van der Waals surface area contributed by atoms with E-state index in [2.05, 4.69) is 5.32 Å². The first-order valence-corrected chi connectivity index (χ1v) is 8.55. The van der Waals surface area contributed by atoms with E-state index in [1.807, 2.05) is 0 Å². The van der Waals surface area contributed by atoms with Crippen molar-refractivity contribution in [2.24, 2.45) is 17.4 Å². The predicted molar refractivity (Wildman–Crippen MR) is 98.0 cm³/mol. The van der Waals surface area contributed by atoms with Gasteiger partial charge >= 0.3 is 13.1 Å². The molecule has 1 aromatic rings. The summed E-state index contributed by atoms with van der Waals surface area (Å²) >= 11 is 0. The molecule has 144 valence electrons. The molecule has 0 saturated carbocycles. The second-order valence-electron chi connectivity index (χ2n) is 7.00. The zero-order chi connectivity index (χ0) is 19.6. The topological polar surface area (TPSA) is 179 Å². The van der Waals surface area contributed by atoms with Crippen molar-refractivity contribution in [2.75, 3.05) is 29.9 Å². The van der Waals surface area contributed by atoms with Crippen LogP contribution in [0.2, 0.25) is 6.32 Å². The lowest BCUT2D eigenvalue weighted by Crippen LogP contribution is -2.55. The van der Waals surface area contributed by atoms with E-state index in [4.69, 9.17) is 21.5 Å². The fourth-order valence-electron chi connectivity index (χ4n) is 3.37. The highest BCUT2D eigenvalue weighted by molar-refractivity contribution is 6.40. The number of nitrogens with zero attached hydrogens (tertiary/aromatic N) is 1. The van der Waals surface area contributed by atoms with Crippen LogP contribution in [-0.4, -0.2) is 59.5 Å². The molecule has 26 heavy (non-hydrogen) atoms. The first-order valence-electron chi connectivity index (χ1n) is 8.55. The molecule has 0 radical (unpaired) electrons. The minimum atomic E-state index is -1.59. The third kappa shape index (κ3) is 3.75. The Morgan fingerprint density at radius 1 is 1.42 bits per heavy atom. The van der Waals surface area contributed by atoms with Crippen molar-refractivity contribution < 1.29 is 19.9 Å². The van der Waals surface area contributed by atoms with Gasteiger partial charge in [-0.25, -0.2) is 0 Å². The van der Waals surface area contributed by atoms with Gasteiger partial charge in [0.25, 0.3) is 10.9 Å². The minimum absolute atomic E-state index is 0.104. The maximum absolute atomic E-state index is 12.0. The second kappa shape index (κ2) is 7.74. The molecule has 0 aromatic heterocycles. The van der Waals surface area contributed by atoms with Gasteiger partial charge in [-0.05, 0) is 19.7 Å². The number of nitrogens with two attached hydrogens (primary N) is 2. The number of aliphatic carboxylic acids is 1. The van der Waals surface area contributed by atoms with E-state index in [1.165, 1.54) is 4.90 Å². The quantitative estimate of drug-likeness (QED) is 0.202. The van der Waals surface area contributed by atoms with Gasteiger partial charge < -0.3 is 36.8 Å². The Bertz CT molecular complexity index is 734. The predicted octanol–water partition coefficient (Wildman–Crippen LogP) is -2.49. The molecule has 1 saturated heterocycles. The van der Waals surface area contributed by atoms with Gasteiger partial charge in [0.15, 0.2) is 0 Å². The molecule has 1 fully saturated rings. The molecule has 10 nitrogen and oxygen atoms in total. The highest BCUT2D eigenvalue weighted by atomic mass is 16.4. The van der Waals surface area contributed by atoms with E-state index in [0.717, 1.165) is 0 Å². The molecule has 2 rings (SSSR count). The molecule has 11 heteroatoms. The third-order valence-electron chi connectivity index (χ3n) is 4.98. The van der Waals surface area contributed by atoms with Gasteiger partial charge in [0.1, 0.15) is 16.9 Å². The Labute approximate surface area is 150 Å². The van der Waals surface area contributed by atoms with Crippen LogP contribution in [0.4, 0.5) is 11.4 Å². The Hall–Kier alpha value is -1.95. The average molecular weight is 368 g/mol. The molecule has 0 spiro atoms. The largest absolute Gasteiger partial charge is 0.480 e. The van der Waals surface area contributed by atoms with Crippen molar-refractivity contribution in [3.05, 3.63) is 20.4 Å². The lowest BCUT2D eigenvalue weighted by atomic mass is 9.78. The summed E-state index contributed by atoms with van der Waals surface area (Å²) in [6.07, 6.45) is 0.838. The average Bonchev–Trinajstić information content (AvgIpc) is 2.91. The summed E-state index contributed by atoms with van der Waals surface area (Å²) in [6, 6.07) is -0.219. The summed E-state index contributed by atoms with van der Waals surface area (Å²) < 4.78 is 0. The molecule has 1 heterocycles. The third-order valence-corrected chi connectivity index (χ3v) is 4.98. The Balaban J connectivity index is 2.22. The molecule has 0 amide bonds. The van der Waals surface area contributed by atoms with Crippen molar-refractivity contribution >= 4 is 24.5 Å². The zero-order valence-electron chi connectivity index (χ0n) is 14.6. The van der Waals surface area contributed by atoms with Gasteiger partial charge in [-0.3, -0.25) is 14.4 Å². The summed E-state index contributed by atoms with van der Waals surface area (Å²) in [4.78, 5) is 37.1. The van der Waals surface area contributed by atoms with Crippen LogP contribution < -0.4 is 32.5 Å². The number of carboxylic acids is 1. The van der Waals surface area contributed by atoms with Crippen LogP contribution in [0.25, 0.3) is 0 Å². The van der Waals surface area contributed by atoms with Crippen LogP contribution in [0.1, 0.15) is 19.8 Å². The van der Waals surface area contributed by atoms with Gasteiger partial charge in [0.2, 0.25) is 0 Å². The van der Waals surface area contributed by atoms with E-state index >= 15 is 0 Å². The number of carboxylic acid groups (broad SMARTS) is 1. The van der Waals surface area contributed by atoms with Crippen LogP contribution in [0.3, 0.4) is 0 Å². The van der Waals surface area contributed by atoms with Crippen LogP contribution in [0, 0.1) is 5.92 Å². The molecular formula is C15H25BN4O6. The normalized spacial score (nSPS) is 24.0. The summed E-state index contributed by atoms with van der Waals surface area (Å²) in [6.45, 7) is 2.12. The number of rotatable bonds is 9. The molecule has 0 aliphatic carbocycles. The maximum Gasteiger partial charge on any atom is 0.451 e. The van der Waals surface area contributed by atoms with Crippen molar-refractivity contribution in [1.82, 2.24) is 0 Å². The van der Waals surface area contributed by atoms with Crippen molar-refractivity contribution in [1.29, 1.82) is 0 Å².